The van der Waals surface area contributed by atoms with Gasteiger partial charge in [0.25, 0.3) is 11.4 Å². The Kier molecular flexibility index (Phi) is 7.32. The molecule has 2 atom stereocenters. The second-order valence-electron chi connectivity index (χ2n) is 7.37. The monoisotopic (exact) mass is 464 g/mol. The highest BCUT2D eigenvalue weighted by Crippen LogP contribution is 2.25. The molecule has 10 heteroatoms. The van der Waals surface area contributed by atoms with Gasteiger partial charge in [0.1, 0.15) is 12.2 Å². The molecular formula is C24H20N2O8. The molecule has 0 saturated carbocycles. The first-order chi connectivity index (χ1) is 16.2. The number of rotatable bonds is 8. The molecule has 3 aromatic rings. The minimum atomic E-state index is -0.639. The number of hydrogen-bond donors (Lipinski definition) is 0. The van der Waals surface area contributed by atoms with E-state index in [4.69, 9.17) is 9.47 Å². The van der Waals surface area contributed by atoms with Crippen molar-refractivity contribution in [1.29, 1.82) is 0 Å². The van der Waals surface area contributed by atoms with E-state index >= 15 is 0 Å². The van der Waals surface area contributed by atoms with E-state index < -0.39 is 34.0 Å². The van der Waals surface area contributed by atoms with Gasteiger partial charge in [-0.25, -0.2) is 9.59 Å². The van der Waals surface area contributed by atoms with Crippen molar-refractivity contribution in [2.24, 2.45) is 0 Å². The lowest BCUT2D eigenvalue weighted by atomic mass is 10.0. The normalized spacial score (nSPS) is 12.3. The van der Waals surface area contributed by atoms with Crippen LogP contribution >= 0.6 is 0 Å². The maximum atomic E-state index is 12.4. The van der Waals surface area contributed by atoms with Crippen molar-refractivity contribution in [2.75, 3.05) is 0 Å². The van der Waals surface area contributed by atoms with Crippen LogP contribution in [0.25, 0.3) is 0 Å². The van der Waals surface area contributed by atoms with Gasteiger partial charge in [0.15, 0.2) is 0 Å². The van der Waals surface area contributed by atoms with Crippen molar-refractivity contribution < 1.29 is 28.9 Å². The van der Waals surface area contributed by atoms with Gasteiger partial charge in [-0.15, -0.1) is 0 Å². The number of carbonyl (C=O) groups is 2. The van der Waals surface area contributed by atoms with Crippen LogP contribution in [0.5, 0.6) is 0 Å². The Labute approximate surface area is 194 Å². The van der Waals surface area contributed by atoms with Crippen LogP contribution in [0.2, 0.25) is 0 Å². The number of carbonyl (C=O) groups excluding carboxylic acids is 2. The summed E-state index contributed by atoms with van der Waals surface area (Å²) in [6.45, 7) is 3.35. The van der Waals surface area contributed by atoms with Gasteiger partial charge in [-0.05, 0) is 55.3 Å². The van der Waals surface area contributed by atoms with Crippen molar-refractivity contribution in [3.05, 3.63) is 115 Å². The van der Waals surface area contributed by atoms with Crippen LogP contribution in [-0.2, 0) is 9.47 Å². The summed E-state index contributed by atoms with van der Waals surface area (Å²) in [4.78, 5) is 45.2. The number of nitrogens with zero attached hydrogens (tertiary/aromatic N) is 2. The fourth-order valence-corrected chi connectivity index (χ4v) is 3.10. The van der Waals surface area contributed by atoms with E-state index in [1.807, 2.05) is 0 Å². The van der Waals surface area contributed by atoms with Crippen molar-refractivity contribution in [3.8, 4) is 0 Å². The van der Waals surface area contributed by atoms with Crippen LogP contribution < -0.4 is 0 Å². The van der Waals surface area contributed by atoms with Crippen LogP contribution in [0.4, 0.5) is 11.4 Å². The molecule has 0 N–H and O–H groups in total. The Bertz CT molecular complexity index is 1130. The summed E-state index contributed by atoms with van der Waals surface area (Å²) in [6, 6.07) is 17.2. The Hall–Kier alpha value is -4.60. The van der Waals surface area contributed by atoms with Crippen molar-refractivity contribution >= 4 is 23.3 Å². The van der Waals surface area contributed by atoms with Crippen molar-refractivity contribution in [3.63, 3.8) is 0 Å². The lowest BCUT2D eigenvalue weighted by Crippen LogP contribution is -2.11. The topological polar surface area (TPSA) is 139 Å². The molecule has 0 aliphatic rings. The maximum absolute atomic E-state index is 12.4. The molecule has 3 rings (SSSR count). The predicted octanol–water partition coefficient (Wildman–Crippen LogP) is 5.34. The second kappa shape index (κ2) is 10.3. The zero-order chi connectivity index (χ0) is 24.8. The summed E-state index contributed by atoms with van der Waals surface area (Å²) in [6.07, 6.45) is -1.28. The first-order valence-electron chi connectivity index (χ1n) is 10.2. The SMILES string of the molecule is C[C@H](OC(=O)c1ccc([N+](=O)[O-])cc1)c1cccc([C@H](C)OC(=O)c2ccc([N+](=O)[O-])cc2)c1. The van der Waals surface area contributed by atoms with Crippen LogP contribution in [0.15, 0.2) is 72.8 Å². The van der Waals surface area contributed by atoms with E-state index in [0.717, 1.165) is 0 Å². The summed E-state index contributed by atoms with van der Waals surface area (Å²) in [5, 5.41) is 21.5. The van der Waals surface area contributed by atoms with Crippen LogP contribution in [-0.4, -0.2) is 21.8 Å². The number of benzene rings is 3. The molecule has 0 unspecified atom stereocenters. The third-order valence-corrected chi connectivity index (χ3v) is 5.04. The minimum Gasteiger partial charge on any atom is -0.454 e. The quantitative estimate of drug-likeness (QED) is 0.247. The Balaban J connectivity index is 1.65. The van der Waals surface area contributed by atoms with Gasteiger partial charge in [-0.3, -0.25) is 20.2 Å². The smallest absolute Gasteiger partial charge is 0.338 e. The molecule has 3 aromatic carbocycles. The number of ether oxygens (including phenoxy) is 2. The minimum absolute atomic E-state index is 0.130. The number of non-ortho nitro benzene ring substituents is 2. The first kappa shape index (κ1) is 24.1. The summed E-state index contributed by atoms with van der Waals surface area (Å²) in [5.74, 6) is -1.27. The molecule has 10 nitrogen and oxygen atoms in total. The van der Waals surface area contributed by atoms with E-state index in [1.165, 1.54) is 48.5 Å². The number of esters is 2. The number of nitro groups is 2. The predicted molar refractivity (Wildman–Crippen MR) is 120 cm³/mol. The van der Waals surface area contributed by atoms with E-state index in [1.54, 1.807) is 38.1 Å². The highest BCUT2D eigenvalue weighted by molar-refractivity contribution is 5.90. The molecule has 0 aliphatic carbocycles. The third kappa shape index (κ3) is 5.80. The van der Waals surface area contributed by atoms with Gasteiger partial charge in [-0.2, -0.15) is 0 Å². The Morgan fingerprint density at radius 3 is 1.35 bits per heavy atom. The van der Waals surface area contributed by atoms with Gasteiger partial charge in [0.05, 0.1) is 21.0 Å². The summed E-state index contributed by atoms with van der Waals surface area (Å²) < 4.78 is 10.9. The molecule has 0 aromatic heterocycles. The summed E-state index contributed by atoms with van der Waals surface area (Å²) >= 11 is 0. The fourth-order valence-electron chi connectivity index (χ4n) is 3.10. The fraction of sp³-hybridized carbons (Fsp3) is 0.167. The van der Waals surface area contributed by atoms with Crippen molar-refractivity contribution in [1.82, 2.24) is 0 Å². The van der Waals surface area contributed by atoms with Crippen LogP contribution in [0.1, 0.15) is 57.9 Å². The number of nitro benzene ring substituents is 2. The molecule has 174 valence electrons. The largest absolute Gasteiger partial charge is 0.454 e. The first-order valence-corrected chi connectivity index (χ1v) is 10.2. The molecule has 0 heterocycles. The van der Waals surface area contributed by atoms with Gasteiger partial charge < -0.3 is 9.47 Å². The highest BCUT2D eigenvalue weighted by Gasteiger charge is 2.19. The average Bonchev–Trinajstić information content (AvgIpc) is 2.84. The zero-order valence-corrected chi connectivity index (χ0v) is 18.2. The lowest BCUT2D eigenvalue weighted by molar-refractivity contribution is -0.385. The molecular weight excluding hydrogens is 444 g/mol. The molecule has 0 spiro atoms. The number of hydrogen-bond acceptors (Lipinski definition) is 8. The van der Waals surface area contributed by atoms with E-state index in [2.05, 4.69) is 0 Å². The summed E-state index contributed by atoms with van der Waals surface area (Å²) in [5.41, 5.74) is 1.42. The van der Waals surface area contributed by atoms with Crippen LogP contribution in [0.3, 0.4) is 0 Å². The zero-order valence-electron chi connectivity index (χ0n) is 18.2. The van der Waals surface area contributed by atoms with E-state index in [9.17, 15) is 29.8 Å². The molecule has 0 saturated heterocycles. The van der Waals surface area contributed by atoms with Gasteiger partial charge in [0.2, 0.25) is 0 Å². The van der Waals surface area contributed by atoms with Crippen LogP contribution in [0, 0.1) is 20.2 Å². The third-order valence-electron chi connectivity index (χ3n) is 5.04. The molecule has 34 heavy (non-hydrogen) atoms. The highest BCUT2D eigenvalue weighted by atomic mass is 16.6. The molecule has 0 amide bonds. The van der Waals surface area contributed by atoms with Crippen molar-refractivity contribution in [2.45, 2.75) is 26.1 Å². The molecule has 0 fully saturated rings. The van der Waals surface area contributed by atoms with Gasteiger partial charge >= 0.3 is 11.9 Å². The Morgan fingerprint density at radius 2 is 1.03 bits per heavy atom. The molecule has 0 aliphatic heterocycles. The van der Waals surface area contributed by atoms with E-state index in [0.29, 0.717) is 11.1 Å². The molecule has 0 bridgehead atoms. The Morgan fingerprint density at radius 1 is 0.676 bits per heavy atom. The lowest BCUT2D eigenvalue weighted by Gasteiger charge is -2.18. The molecule has 0 radical (unpaired) electrons. The second-order valence-corrected chi connectivity index (χ2v) is 7.37. The van der Waals surface area contributed by atoms with Gasteiger partial charge in [-0.1, -0.05) is 18.2 Å². The van der Waals surface area contributed by atoms with E-state index in [-0.39, 0.29) is 22.5 Å². The summed E-state index contributed by atoms with van der Waals surface area (Å²) in [7, 11) is 0. The van der Waals surface area contributed by atoms with Gasteiger partial charge in [0, 0.05) is 24.3 Å². The maximum Gasteiger partial charge on any atom is 0.338 e. The standard InChI is InChI=1S/C24H20N2O8/c1-15(33-23(27)17-6-10-21(11-7-17)25(29)30)19-4-3-5-20(14-19)16(2)34-24(28)18-8-12-22(13-9-18)26(31)32/h3-16H,1-2H3/t15-,16-/m0/s1. The average molecular weight is 464 g/mol.